The highest BCUT2D eigenvalue weighted by molar-refractivity contribution is 6.31. The SMILES string of the molecule is COc1c(C)cc(Cl)cc1C(=O)CC(C)=O. The van der Waals surface area contributed by atoms with Crippen LogP contribution in [0.1, 0.15) is 29.3 Å². The monoisotopic (exact) mass is 240 g/mol. The van der Waals surface area contributed by atoms with Crippen LogP contribution in [0, 0.1) is 6.92 Å². The van der Waals surface area contributed by atoms with Crippen LogP contribution in [0.5, 0.6) is 5.75 Å². The van der Waals surface area contributed by atoms with Gasteiger partial charge in [0.2, 0.25) is 0 Å². The number of ether oxygens (including phenoxy) is 1. The third-order valence-corrected chi connectivity index (χ3v) is 2.37. The molecule has 0 radical (unpaired) electrons. The highest BCUT2D eigenvalue weighted by Gasteiger charge is 2.16. The van der Waals surface area contributed by atoms with Crippen molar-refractivity contribution >= 4 is 23.2 Å². The molecule has 0 unspecified atom stereocenters. The molecule has 3 nitrogen and oxygen atoms in total. The van der Waals surface area contributed by atoms with E-state index in [1.54, 1.807) is 13.0 Å². The van der Waals surface area contributed by atoms with Gasteiger partial charge in [0.05, 0.1) is 19.1 Å². The van der Waals surface area contributed by atoms with Gasteiger partial charge in [-0.05, 0) is 31.5 Å². The van der Waals surface area contributed by atoms with E-state index in [1.807, 2.05) is 0 Å². The molecule has 1 aromatic rings. The molecule has 0 aliphatic carbocycles. The molecule has 0 saturated heterocycles. The van der Waals surface area contributed by atoms with E-state index < -0.39 is 0 Å². The van der Waals surface area contributed by atoms with E-state index in [1.165, 1.54) is 20.1 Å². The number of carbonyl (C=O) groups is 2. The fourth-order valence-corrected chi connectivity index (χ4v) is 1.80. The molecular formula is C12H13ClO3. The number of aryl methyl sites for hydroxylation is 1. The first kappa shape index (κ1) is 12.7. The molecule has 0 heterocycles. The summed E-state index contributed by atoms with van der Waals surface area (Å²) in [6.45, 7) is 3.18. The first-order valence-electron chi connectivity index (χ1n) is 4.82. The van der Waals surface area contributed by atoms with E-state index in [-0.39, 0.29) is 18.0 Å². The Morgan fingerprint density at radius 3 is 2.50 bits per heavy atom. The lowest BCUT2D eigenvalue weighted by molar-refractivity contribution is -0.116. The van der Waals surface area contributed by atoms with Gasteiger partial charge in [-0.15, -0.1) is 0 Å². The predicted molar refractivity (Wildman–Crippen MR) is 62.4 cm³/mol. The largest absolute Gasteiger partial charge is 0.496 e. The molecule has 1 rings (SSSR count). The van der Waals surface area contributed by atoms with Crippen molar-refractivity contribution in [3.8, 4) is 5.75 Å². The Kier molecular flexibility index (Phi) is 4.07. The van der Waals surface area contributed by atoms with Gasteiger partial charge in [-0.2, -0.15) is 0 Å². The topological polar surface area (TPSA) is 43.4 Å². The Labute approximate surface area is 99.4 Å². The summed E-state index contributed by atoms with van der Waals surface area (Å²) in [7, 11) is 1.49. The Morgan fingerprint density at radius 1 is 1.38 bits per heavy atom. The minimum atomic E-state index is -0.269. The van der Waals surface area contributed by atoms with Gasteiger partial charge in [0.25, 0.3) is 0 Å². The number of hydrogen-bond donors (Lipinski definition) is 0. The highest BCUT2D eigenvalue weighted by Crippen LogP contribution is 2.28. The van der Waals surface area contributed by atoms with Crippen LogP contribution in [0.25, 0.3) is 0 Å². The molecule has 16 heavy (non-hydrogen) atoms. The van der Waals surface area contributed by atoms with Crippen LogP contribution in [-0.4, -0.2) is 18.7 Å². The molecule has 4 heteroatoms. The Bertz CT molecular complexity index is 438. The third kappa shape index (κ3) is 2.83. The summed E-state index contributed by atoms with van der Waals surface area (Å²) >= 11 is 5.87. The van der Waals surface area contributed by atoms with Crippen LogP contribution in [0.2, 0.25) is 5.02 Å². The normalized spacial score (nSPS) is 10.0. The number of methoxy groups -OCH3 is 1. The molecule has 1 aromatic carbocycles. The summed E-state index contributed by atoms with van der Waals surface area (Å²) in [6, 6.07) is 3.24. The third-order valence-electron chi connectivity index (χ3n) is 2.15. The lowest BCUT2D eigenvalue weighted by atomic mass is 10.0. The summed E-state index contributed by atoms with van der Waals surface area (Å²) in [5, 5.41) is 0.463. The van der Waals surface area contributed by atoms with E-state index >= 15 is 0 Å². The van der Waals surface area contributed by atoms with E-state index in [9.17, 15) is 9.59 Å². The van der Waals surface area contributed by atoms with E-state index in [2.05, 4.69) is 0 Å². The second-order valence-corrected chi connectivity index (χ2v) is 4.04. The maximum Gasteiger partial charge on any atom is 0.173 e. The number of Topliss-reactive ketones (excluding diaryl/α,β-unsaturated/α-hetero) is 2. The lowest BCUT2D eigenvalue weighted by Crippen LogP contribution is -2.07. The fraction of sp³-hybridized carbons (Fsp3) is 0.333. The molecule has 0 aliphatic heterocycles. The second kappa shape index (κ2) is 5.12. The maximum absolute atomic E-state index is 11.8. The maximum atomic E-state index is 11.8. The van der Waals surface area contributed by atoms with Crippen LogP contribution < -0.4 is 4.74 Å². The first-order valence-corrected chi connectivity index (χ1v) is 5.20. The van der Waals surface area contributed by atoms with Gasteiger partial charge < -0.3 is 4.74 Å². The van der Waals surface area contributed by atoms with Gasteiger partial charge in [-0.25, -0.2) is 0 Å². The number of hydrogen-bond acceptors (Lipinski definition) is 3. The van der Waals surface area contributed by atoms with Crippen LogP contribution in [0.15, 0.2) is 12.1 Å². The average molecular weight is 241 g/mol. The number of carbonyl (C=O) groups excluding carboxylic acids is 2. The van der Waals surface area contributed by atoms with Gasteiger partial charge in [-0.1, -0.05) is 11.6 Å². The fourth-order valence-electron chi connectivity index (χ4n) is 1.53. The zero-order valence-electron chi connectivity index (χ0n) is 9.46. The van der Waals surface area contributed by atoms with Crippen molar-refractivity contribution in [2.24, 2.45) is 0 Å². The van der Waals surface area contributed by atoms with Crippen molar-refractivity contribution < 1.29 is 14.3 Å². The summed E-state index contributed by atoms with van der Waals surface area (Å²) in [5.74, 6) is 0.0373. The van der Waals surface area contributed by atoms with Gasteiger partial charge in [0, 0.05) is 5.02 Å². The van der Waals surface area contributed by atoms with Crippen molar-refractivity contribution in [3.63, 3.8) is 0 Å². The molecule has 0 fully saturated rings. The van der Waals surface area contributed by atoms with Crippen LogP contribution in [0.3, 0.4) is 0 Å². The molecule has 86 valence electrons. The predicted octanol–water partition coefficient (Wildman–Crippen LogP) is 2.82. The minimum absolute atomic E-state index is 0.129. The van der Waals surface area contributed by atoms with Crippen molar-refractivity contribution in [1.29, 1.82) is 0 Å². The van der Waals surface area contributed by atoms with Gasteiger partial charge in [0.1, 0.15) is 11.5 Å². The molecule has 0 atom stereocenters. The number of benzene rings is 1. The van der Waals surface area contributed by atoms with Crippen LogP contribution >= 0.6 is 11.6 Å². The number of rotatable bonds is 4. The minimum Gasteiger partial charge on any atom is -0.496 e. The first-order chi connectivity index (χ1) is 7.45. The number of halogens is 1. The van der Waals surface area contributed by atoms with E-state index in [0.29, 0.717) is 16.3 Å². The standard InChI is InChI=1S/C12H13ClO3/c1-7-4-9(13)6-10(12(7)16-3)11(15)5-8(2)14/h4,6H,5H2,1-3H3. The molecule has 0 saturated carbocycles. The Hall–Kier alpha value is -1.35. The Balaban J connectivity index is 3.20. The van der Waals surface area contributed by atoms with Gasteiger partial charge >= 0.3 is 0 Å². The van der Waals surface area contributed by atoms with Crippen molar-refractivity contribution in [1.82, 2.24) is 0 Å². The van der Waals surface area contributed by atoms with Crippen LogP contribution in [-0.2, 0) is 4.79 Å². The molecule has 0 bridgehead atoms. The molecule has 0 aromatic heterocycles. The summed E-state index contributed by atoms with van der Waals surface area (Å²) in [6.07, 6.45) is -0.129. The smallest absolute Gasteiger partial charge is 0.173 e. The molecule has 0 aliphatic rings. The molecule has 0 N–H and O–H groups in total. The lowest BCUT2D eigenvalue weighted by Gasteiger charge is -2.10. The highest BCUT2D eigenvalue weighted by atomic mass is 35.5. The van der Waals surface area contributed by atoms with E-state index in [0.717, 1.165) is 5.56 Å². The van der Waals surface area contributed by atoms with Crippen LogP contribution in [0.4, 0.5) is 0 Å². The van der Waals surface area contributed by atoms with Crippen molar-refractivity contribution in [2.75, 3.05) is 7.11 Å². The second-order valence-electron chi connectivity index (χ2n) is 3.61. The van der Waals surface area contributed by atoms with Crippen molar-refractivity contribution in [2.45, 2.75) is 20.3 Å². The quantitative estimate of drug-likeness (QED) is 0.600. The van der Waals surface area contributed by atoms with Crippen molar-refractivity contribution in [3.05, 3.63) is 28.3 Å². The van der Waals surface area contributed by atoms with Gasteiger partial charge in [-0.3, -0.25) is 9.59 Å². The summed E-state index contributed by atoms with van der Waals surface area (Å²) in [5.41, 5.74) is 1.14. The average Bonchev–Trinajstić information content (AvgIpc) is 2.15. The molecule has 0 spiro atoms. The molecule has 0 amide bonds. The summed E-state index contributed by atoms with van der Waals surface area (Å²) in [4.78, 5) is 22.7. The Morgan fingerprint density at radius 2 is 2.00 bits per heavy atom. The zero-order chi connectivity index (χ0) is 12.3. The summed E-state index contributed by atoms with van der Waals surface area (Å²) < 4.78 is 5.14. The van der Waals surface area contributed by atoms with Gasteiger partial charge in [0.15, 0.2) is 5.78 Å². The number of ketones is 2. The molecular weight excluding hydrogens is 228 g/mol. The zero-order valence-corrected chi connectivity index (χ0v) is 10.2. The van der Waals surface area contributed by atoms with E-state index in [4.69, 9.17) is 16.3 Å².